The average Bonchev–Trinajstić information content (AvgIpc) is 2.97. The van der Waals surface area contributed by atoms with Crippen molar-refractivity contribution in [2.24, 2.45) is 0 Å². The third-order valence-corrected chi connectivity index (χ3v) is 4.05. The molecule has 1 atom stereocenters. The van der Waals surface area contributed by atoms with E-state index < -0.39 is 0 Å². The lowest BCUT2D eigenvalue weighted by molar-refractivity contribution is 0.373. The van der Waals surface area contributed by atoms with Crippen molar-refractivity contribution in [3.8, 4) is 11.5 Å². The van der Waals surface area contributed by atoms with Gasteiger partial charge in [0.2, 0.25) is 0 Å². The van der Waals surface area contributed by atoms with Crippen molar-refractivity contribution in [3.05, 3.63) is 46.2 Å². The lowest BCUT2D eigenvalue weighted by Crippen LogP contribution is -2.20. The topological polar surface area (TPSA) is 30.5 Å². The Balaban J connectivity index is 2.36. The van der Waals surface area contributed by atoms with Gasteiger partial charge in [-0.2, -0.15) is 0 Å². The molecule has 1 aromatic heterocycles. The van der Waals surface area contributed by atoms with Crippen LogP contribution in [0.3, 0.4) is 0 Å². The molecule has 1 aromatic carbocycles. The molecule has 0 spiro atoms. The fourth-order valence-electron chi connectivity index (χ4n) is 2.20. The number of likely N-dealkylation sites (N-methyl/N-ethyl adjacent to an activating group) is 1. The summed E-state index contributed by atoms with van der Waals surface area (Å²) >= 11 is 1.77. The molecule has 0 aliphatic rings. The second kappa shape index (κ2) is 6.59. The van der Waals surface area contributed by atoms with Crippen molar-refractivity contribution in [2.75, 3.05) is 21.3 Å². The van der Waals surface area contributed by atoms with Gasteiger partial charge in [0.15, 0.2) is 0 Å². The minimum absolute atomic E-state index is 0.171. The van der Waals surface area contributed by atoms with Crippen molar-refractivity contribution < 1.29 is 9.47 Å². The number of nitrogens with one attached hydrogen (secondary N) is 1. The van der Waals surface area contributed by atoms with E-state index in [2.05, 4.69) is 22.8 Å². The van der Waals surface area contributed by atoms with Crippen LogP contribution in [0, 0.1) is 0 Å². The highest BCUT2D eigenvalue weighted by atomic mass is 32.1. The molecule has 3 nitrogen and oxygen atoms in total. The fraction of sp³-hybridized carbons (Fsp3) is 0.333. The number of rotatable bonds is 6. The molecular formula is C15H19NO2S. The number of benzene rings is 1. The summed E-state index contributed by atoms with van der Waals surface area (Å²) < 4.78 is 10.9. The summed E-state index contributed by atoms with van der Waals surface area (Å²) in [5.41, 5.74) is 1.07. The Labute approximate surface area is 118 Å². The largest absolute Gasteiger partial charge is 0.496 e. The van der Waals surface area contributed by atoms with Crippen molar-refractivity contribution in [3.63, 3.8) is 0 Å². The molecule has 0 aliphatic carbocycles. The SMILES string of the molecule is CNC(Cc1cccs1)c1c(OC)cccc1OC. The van der Waals surface area contributed by atoms with E-state index in [-0.39, 0.29) is 6.04 Å². The first kappa shape index (κ1) is 13.9. The number of thiophene rings is 1. The zero-order valence-electron chi connectivity index (χ0n) is 11.5. The maximum Gasteiger partial charge on any atom is 0.127 e. The predicted octanol–water partition coefficient (Wildman–Crippen LogP) is 3.27. The standard InChI is InChI=1S/C15H19NO2S/c1-16-12(10-11-6-5-9-19-11)15-13(17-2)7-4-8-14(15)18-3/h4-9,12,16H,10H2,1-3H3. The van der Waals surface area contributed by atoms with E-state index in [1.807, 2.05) is 25.2 Å². The molecule has 1 heterocycles. The third kappa shape index (κ3) is 3.08. The summed E-state index contributed by atoms with van der Waals surface area (Å²) in [4.78, 5) is 1.34. The van der Waals surface area contributed by atoms with Crippen LogP contribution in [0.4, 0.5) is 0 Å². The van der Waals surface area contributed by atoms with Crippen LogP contribution in [-0.2, 0) is 6.42 Å². The Hall–Kier alpha value is -1.52. The first-order chi connectivity index (χ1) is 9.30. The van der Waals surface area contributed by atoms with Gasteiger partial charge in [0.05, 0.1) is 19.8 Å². The van der Waals surface area contributed by atoms with Crippen molar-refractivity contribution >= 4 is 11.3 Å². The van der Waals surface area contributed by atoms with Crippen LogP contribution in [0.5, 0.6) is 11.5 Å². The molecule has 0 radical (unpaired) electrons. The third-order valence-electron chi connectivity index (χ3n) is 3.15. The minimum Gasteiger partial charge on any atom is -0.496 e. The van der Waals surface area contributed by atoms with Crippen LogP contribution in [0.25, 0.3) is 0 Å². The molecule has 4 heteroatoms. The molecule has 0 amide bonds. The molecule has 2 rings (SSSR count). The maximum absolute atomic E-state index is 5.47. The summed E-state index contributed by atoms with van der Waals surface area (Å²) in [6.45, 7) is 0. The smallest absolute Gasteiger partial charge is 0.127 e. The van der Waals surface area contributed by atoms with Gasteiger partial charge in [-0.25, -0.2) is 0 Å². The summed E-state index contributed by atoms with van der Waals surface area (Å²) in [6, 6.07) is 10.3. The molecule has 0 aliphatic heterocycles. The van der Waals surface area contributed by atoms with E-state index in [0.29, 0.717) is 0 Å². The van der Waals surface area contributed by atoms with Crippen molar-refractivity contribution in [1.82, 2.24) is 5.32 Å². The van der Waals surface area contributed by atoms with Crippen LogP contribution in [0.2, 0.25) is 0 Å². The maximum atomic E-state index is 5.47. The van der Waals surface area contributed by atoms with Crippen LogP contribution in [-0.4, -0.2) is 21.3 Å². The van der Waals surface area contributed by atoms with Crippen LogP contribution in [0.1, 0.15) is 16.5 Å². The molecule has 19 heavy (non-hydrogen) atoms. The first-order valence-electron chi connectivity index (χ1n) is 6.20. The number of methoxy groups -OCH3 is 2. The van der Waals surface area contributed by atoms with E-state index >= 15 is 0 Å². The lowest BCUT2D eigenvalue weighted by Gasteiger charge is -2.21. The Morgan fingerprint density at radius 3 is 2.26 bits per heavy atom. The number of hydrogen-bond acceptors (Lipinski definition) is 4. The molecular weight excluding hydrogens is 258 g/mol. The van der Waals surface area contributed by atoms with Crippen molar-refractivity contribution in [1.29, 1.82) is 0 Å². The monoisotopic (exact) mass is 277 g/mol. The summed E-state index contributed by atoms with van der Waals surface area (Å²) in [5, 5.41) is 5.45. The Kier molecular flexibility index (Phi) is 4.82. The molecule has 0 fully saturated rings. The van der Waals surface area contributed by atoms with Gasteiger partial charge in [-0.3, -0.25) is 0 Å². The summed E-state index contributed by atoms with van der Waals surface area (Å²) in [5.74, 6) is 1.71. The van der Waals surface area contributed by atoms with Gasteiger partial charge in [0.1, 0.15) is 11.5 Å². The zero-order chi connectivity index (χ0) is 13.7. The van der Waals surface area contributed by atoms with Crippen LogP contribution in [0.15, 0.2) is 35.7 Å². The number of ether oxygens (including phenoxy) is 2. The zero-order valence-corrected chi connectivity index (χ0v) is 12.3. The van der Waals surface area contributed by atoms with E-state index in [4.69, 9.17) is 9.47 Å². The van der Waals surface area contributed by atoms with Crippen molar-refractivity contribution in [2.45, 2.75) is 12.5 Å². The molecule has 2 aromatic rings. The Morgan fingerprint density at radius 2 is 1.79 bits per heavy atom. The van der Waals surface area contributed by atoms with Gasteiger partial charge in [-0.15, -0.1) is 11.3 Å². The van der Waals surface area contributed by atoms with E-state index in [9.17, 15) is 0 Å². The second-order valence-electron chi connectivity index (χ2n) is 4.20. The normalized spacial score (nSPS) is 12.2. The Morgan fingerprint density at radius 1 is 1.11 bits per heavy atom. The van der Waals surface area contributed by atoms with Crippen LogP contribution < -0.4 is 14.8 Å². The average molecular weight is 277 g/mol. The van der Waals surface area contributed by atoms with Gasteiger partial charge in [-0.05, 0) is 30.6 Å². The van der Waals surface area contributed by atoms with Gasteiger partial charge in [0.25, 0.3) is 0 Å². The number of hydrogen-bond donors (Lipinski definition) is 1. The molecule has 1 N–H and O–H groups in total. The first-order valence-corrected chi connectivity index (χ1v) is 7.08. The molecule has 0 saturated heterocycles. The van der Waals surface area contributed by atoms with Gasteiger partial charge < -0.3 is 14.8 Å². The molecule has 0 saturated carbocycles. The lowest BCUT2D eigenvalue weighted by atomic mass is 10.0. The minimum atomic E-state index is 0.171. The molecule has 1 unspecified atom stereocenters. The summed E-state index contributed by atoms with van der Waals surface area (Å²) in [6.07, 6.45) is 0.922. The van der Waals surface area contributed by atoms with E-state index in [0.717, 1.165) is 23.5 Å². The summed E-state index contributed by atoms with van der Waals surface area (Å²) in [7, 11) is 5.34. The van der Waals surface area contributed by atoms with E-state index in [1.165, 1.54) is 4.88 Å². The molecule has 102 valence electrons. The quantitative estimate of drug-likeness (QED) is 0.879. The van der Waals surface area contributed by atoms with Gasteiger partial charge in [0, 0.05) is 17.3 Å². The van der Waals surface area contributed by atoms with Gasteiger partial charge >= 0.3 is 0 Å². The van der Waals surface area contributed by atoms with Gasteiger partial charge in [-0.1, -0.05) is 12.1 Å². The van der Waals surface area contributed by atoms with Crippen LogP contribution >= 0.6 is 11.3 Å². The highest BCUT2D eigenvalue weighted by Crippen LogP contribution is 2.35. The van der Waals surface area contributed by atoms with E-state index in [1.54, 1.807) is 25.6 Å². The predicted molar refractivity (Wildman–Crippen MR) is 79.4 cm³/mol. The Bertz CT molecular complexity index is 489. The second-order valence-corrected chi connectivity index (χ2v) is 5.23. The highest BCUT2D eigenvalue weighted by Gasteiger charge is 2.20. The fourth-order valence-corrected chi connectivity index (χ4v) is 2.95. The molecule has 0 bridgehead atoms. The highest BCUT2D eigenvalue weighted by molar-refractivity contribution is 7.09.